The van der Waals surface area contributed by atoms with E-state index in [2.05, 4.69) is 15.1 Å². The van der Waals surface area contributed by atoms with Gasteiger partial charge in [-0.1, -0.05) is 5.16 Å². The second-order valence-electron chi connectivity index (χ2n) is 2.94. The van der Waals surface area contributed by atoms with Gasteiger partial charge in [0, 0.05) is 19.7 Å². The fourth-order valence-corrected chi connectivity index (χ4v) is 1.36. The summed E-state index contributed by atoms with van der Waals surface area (Å²) >= 11 is 0. The third kappa shape index (κ3) is 2.30. The lowest BCUT2D eigenvalue weighted by molar-refractivity contribution is -0.386. The third-order valence-electron chi connectivity index (χ3n) is 1.95. The zero-order valence-electron chi connectivity index (χ0n) is 8.80. The van der Waals surface area contributed by atoms with Gasteiger partial charge in [0.2, 0.25) is 0 Å². The van der Waals surface area contributed by atoms with Gasteiger partial charge in [0.15, 0.2) is 0 Å². The first-order valence-electron chi connectivity index (χ1n) is 4.29. The summed E-state index contributed by atoms with van der Waals surface area (Å²) in [4.78, 5) is 14.8. The summed E-state index contributed by atoms with van der Waals surface area (Å²) in [6, 6.07) is 0. The average Bonchev–Trinajstić information content (AvgIpc) is 2.42. The van der Waals surface area contributed by atoms with Gasteiger partial charge in [-0.15, -0.1) is 0 Å². The maximum atomic E-state index is 10.8. The molecule has 0 aromatic carbocycles. The Labute approximate surface area is 86.5 Å². The summed E-state index contributed by atoms with van der Waals surface area (Å²) in [5.74, 6) is 0. The lowest BCUT2D eigenvalue weighted by Crippen LogP contribution is -2.01. The Hall–Kier alpha value is -1.92. The highest BCUT2D eigenvalue weighted by molar-refractivity contribution is 5.63. The van der Waals surface area contributed by atoms with Gasteiger partial charge in [0.1, 0.15) is 18.5 Å². The van der Waals surface area contributed by atoms with Crippen LogP contribution in [0.2, 0.25) is 0 Å². The summed E-state index contributed by atoms with van der Waals surface area (Å²) in [7, 11) is 3.08. The van der Waals surface area contributed by atoms with E-state index in [1.54, 1.807) is 14.0 Å². The van der Waals surface area contributed by atoms with Crippen LogP contribution in [0.3, 0.4) is 0 Å². The molecule has 0 unspecified atom stereocenters. The Morgan fingerprint density at radius 3 is 2.93 bits per heavy atom. The molecule has 15 heavy (non-hydrogen) atoms. The molecule has 0 radical (unpaired) electrons. The van der Waals surface area contributed by atoms with E-state index in [1.807, 2.05) is 0 Å². The van der Waals surface area contributed by atoms with Gasteiger partial charge < -0.3 is 4.84 Å². The van der Waals surface area contributed by atoms with Crippen LogP contribution in [0.25, 0.3) is 0 Å². The maximum Gasteiger partial charge on any atom is 0.313 e. The molecule has 0 N–H and O–H groups in total. The minimum Gasteiger partial charge on any atom is -0.399 e. The van der Waals surface area contributed by atoms with Crippen LogP contribution in [0.5, 0.6) is 0 Å². The minimum absolute atomic E-state index is 0.0417. The highest BCUT2D eigenvalue weighted by atomic mass is 16.6. The molecule has 0 spiro atoms. The molecule has 1 heterocycles. The minimum atomic E-state index is -0.432. The van der Waals surface area contributed by atoms with Crippen molar-refractivity contribution >= 4 is 11.9 Å². The van der Waals surface area contributed by atoms with Crippen molar-refractivity contribution < 1.29 is 9.76 Å². The molecular weight excluding hydrogens is 200 g/mol. The molecule has 0 saturated heterocycles. The fourth-order valence-electron chi connectivity index (χ4n) is 1.36. The van der Waals surface area contributed by atoms with Crippen molar-refractivity contribution in [3.63, 3.8) is 0 Å². The van der Waals surface area contributed by atoms with E-state index in [-0.39, 0.29) is 5.69 Å². The van der Waals surface area contributed by atoms with E-state index in [9.17, 15) is 10.1 Å². The standard InChI is InChI=1S/C8H12N4O3/c1-6-8(12(13)14)7(11(2)10-6)4-5-9-15-3/h5H,4H2,1-3H3/b9-5+. The van der Waals surface area contributed by atoms with Crippen molar-refractivity contribution in [1.29, 1.82) is 0 Å². The van der Waals surface area contributed by atoms with Gasteiger partial charge in [-0.3, -0.25) is 14.8 Å². The van der Waals surface area contributed by atoms with Gasteiger partial charge in [0.25, 0.3) is 0 Å². The number of hydrogen-bond acceptors (Lipinski definition) is 5. The van der Waals surface area contributed by atoms with Crippen molar-refractivity contribution in [1.82, 2.24) is 9.78 Å². The summed E-state index contributed by atoms with van der Waals surface area (Å²) in [5.41, 5.74) is 0.960. The topological polar surface area (TPSA) is 82.6 Å². The molecule has 7 heteroatoms. The molecule has 0 bridgehead atoms. The normalized spacial score (nSPS) is 10.9. The molecule has 1 aromatic heterocycles. The first kappa shape index (κ1) is 11.2. The van der Waals surface area contributed by atoms with E-state index in [4.69, 9.17) is 0 Å². The lowest BCUT2D eigenvalue weighted by atomic mass is 10.2. The summed E-state index contributed by atoms with van der Waals surface area (Å²) in [5, 5.41) is 18.3. The lowest BCUT2D eigenvalue weighted by Gasteiger charge is -1.96. The maximum absolute atomic E-state index is 10.8. The number of aromatic nitrogens is 2. The first-order chi connectivity index (χ1) is 7.07. The number of aryl methyl sites for hydroxylation is 2. The van der Waals surface area contributed by atoms with Gasteiger partial charge in [0.05, 0.1) is 4.92 Å². The number of nitro groups is 1. The zero-order valence-corrected chi connectivity index (χ0v) is 8.80. The van der Waals surface area contributed by atoms with Crippen LogP contribution in [0, 0.1) is 17.0 Å². The number of oxime groups is 1. The van der Waals surface area contributed by atoms with Crippen LogP contribution < -0.4 is 0 Å². The van der Waals surface area contributed by atoms with E-state index < -0.39 is 4.92 Å². The highest BCUT2D eigenvalue weighted by Crippen LogP contribution is 2.21. The Balaban J connectivity index is 3.04. The number of nitrogens with zero attached hydrogens (tertiary/aromatic N) is 4. The molecule has 0 aliphatic rings. The van der Waals surface area contributed by atoms with E-state index >= 15 is 0 Å². The predicted molar refractivity (Wildman–Crippen MR) is 53.8 cm³/mol. The van der Waals surface area contributed by atoms with Crippen LogP contribution in [0.15, 0.2) is 5.16 Å². The smallest absolute Gasteiger partial charge is 0.313 e. The Morgan fingerprint density at radius 1 is 1.73 bits per heavy atom. The summed E-state index contributed by atoms with van der Waals surface area (Å²) in [6.45, 7) is 1.61. The van der Waals surface area contributed by atoms with Gasteiger partial charge in [-0.25, -0.2) is 0 Å². The van der Waals surface area contributed by atoms with Gasteiger partial charge >= 0.3 is 5.69 Å². The quantitative estimate of drug-likeness (QED) is 0.420. The average molecular weight is 212 g/mol. The van der Waals surface area contributed by atoms with Gasteiger partial charge in [-0.2, -0.15) is 5.10 Å². The highest BCUT2D eigenvalue weighted by Gasteiger charge is 2.22. The molecule has 0 saturated carbocycles. The number of rotatable bonds is 4. The van der Waals surface area contributed by atoms with E-state index in [0.717, 1.165) is 0 Å². The molecule has 1 rings (SSSR count). The van der Waals surface area contributed by atoms with Crippen molar-refractivity contribution in [3.05, 3.63) is 21.5 Å². The van der Waals surface area contributed by atoms with Crippen LogP contribution >= 0.6 is 0 Å². The van der Waals surface area contributed by atoms with Crippen LogP contribution in [0.4, 0.5) is 5.69 Å². The molecule has 82 valence electrons. The summed E-state index contributed by atoms with van der Waals surface area (Å²) in [6.07, 6.45) is 1.78. The van der Waals surface area contributed by atoms with Crippen molar-refractivity contribution in [2.75, 3.05) is 7.11 Å². The van der Waals surface area contributed by atoms with Crippen molar-refractivity contribution in [2.24, 2.45) is 12.2 Å². The second-order valence-corrected chi connectivity index (χ2v) is 2.94. The second kappa shape index (κ2) is 4.54. The molecule has 0 aliphatic carbocycles. The molecule has 0 aliphatic heterocycles. The monoisotopic (exact) mass is 212 g/mol. The van der Waals surface area contributed by atoms with Crippen molar-refractivity contribution in [3.8, 4) is 0 Å². The van der Waals surface area contributed by atoms with Crippen LogP contribution in [-0.2, 0) is 18.3 Å². The molecule has 7 nitrogen and oxygen atoms in total. The van der Waals surface area contributed by atoms with Gasteiger partial charge in [-0.05, 0) is 6.92 Å². The first-order valence-corrected chi connectivity index (χ1v) is 4.29. The molecule has 0 amide bonds. The molecular formula is C8H12N4O3. The SMILES string of the molecule is CO/N=C/Cc1c([N+](=O)[O-])c(C)nn1C. The summed E-state index contributed by atoms with van der Waals surface area (Å²) < 4.78 is 1.48. The molecule has 1 aromatic rings. The molecule has 0 atom stereocenters. The third-order valence-corrected chi connectivity index (χ3v) is 1.95. The van der Waals surface area contributed by atoms with Crippen LogP contribution in [0.1, 0.15) is 11.4 Å². The van der Waals surface area contributed by atoms with Crippen LogP contribution in [-0.4, -0.2) is 28.0 Å². The predicted octanol–water partition coefficient (Wildman–Crippen LogP) is 0.811. The van der Waals surface area contributed by atoms with E-state index in [1.165, 1.54) is 18.0 Å². The Bertz CT molecular complexity index is 397. The number of hydrogen-bond donors (Lipinski definition) is 0. The molecule has 0 fully saturated rings. The van der Waals surface area contributed by atoms with Crippen molar-refractivity contribution in [2.45, 2.75) is 13.3 Å². The Morgan fingerprint density at radius 2 is 2.40 bits per heavy atom. The fraction of sp³-hybridized carbons (Fsp3) is 0.500. The largest absolute Gasteiger partial charge is 0.399 e. The zero-order chi connectivity index (χ0) is 11.4. The van der Waals surface area contributed by atoms with E-state index in [0.29, 0.717) is 17.8 Å². The Kier molecular flexibility index (Phi) is 3.37.